The maximum atomic E-state index is 5.74. The first kappa shape index (κ1) is 24.9. The Morgan fingerprint density at radius 2 is 0.759 bits per heavy atom. The summed E-state index contributed by atoms with van der Waals surface area (Å²) in [4.78, 5) is 5.00. The minimum Gasteiger partial charge on any atom is -0.378 e. The predicted molar refractivity (Wildman–Crippen MR) is 115 cm³/mol. The molecule has 3 N–H and O–H groups in total. The van der Waals surface area contributed by atoms with Gasteiger partial charge in [0.2, 0.25) is 0 Å². The second-order valence-electron chi connectivity index (χ2n) is 7.38. The number of nitrogens with one attached hydrogen (secondary N) is 3. The van der Waals surface area contributed by atoms with Gasteiger partial charge in [0.1, 0.15) is 0 Å². The molecule has 172 valence electrons. The van der Waals surface area contributed by atoms with E-state index in [1.807, 2.05) is 0 Å². The Morgan fingerprint density at radius 3 is 1.21 bits per heavy atom. The Hall–Kier alpha value is -0.360. The van der Waals surface area contributed by atoms with Crippen LogP contribution in [0.2, 0.25) is 0 Å². The molecule has 0 aliphatic carbocycles. The third-order valence-corrected chi connectivity index (χ3v) is 5.12. The van der Waals surface area contributed by atoms with Crippen molar-refractivity contribution in [2.45, 2.75) is 0 Å². The number of hydrogen-bond acceptors (Lipinski definition) is 9. The lowest BCUT2D eigenvalue weighted by Crippen LogP contribution is -2.45. The van der Waals surface area contributed by atoms with Gasteiger partial charge in [-0.3, -0.25) is 9.80 Å². The van der Waals surface area contributed by atoms with Crippen molar-refractivity contribution in [1.82, 2.24) is 25.8 Å². The lowest BCUT2D eigenvalue weighted by atomic mass is 10.3. The van der Waals surface area contributed by atoms with E-state index in [2.05, 4.69) is 25.8 Å². The number of ether oxygens (including phenoxy) is 4. The largest absolute Gasteiger partial charge is 0.378 e. The molecule has 2 saturated heterocycles. The Bertz CT molecular complexity index is 340. The zero-order chi connectivity index (χ0) is 20.2. The fourth-order valence-corrected chi connectivity index (χ4v) is 3.31. The quantitative estimate of drug-likeness (QED) is 0.506. The molecular weight excluding hydrogens is 374 g/mol. The van der Waals surface area contributed by atoms with Crippen LogP contribution in [0, 0.1) is 0 Å². The monoisotopic (exact) mass is 417 g/mol. The molecule has 2 rings (SSSR count). The Balaban J connectivity index is 1.71. The first-order valence-corrected chi connectivity index (χ1v) is 11.3. The van der Waals surface area contributed by atoms with Gasteiger partial charge < -0.3 is 34.9 Å². The standard InChI is InChI=1S/C20H43N5O4/c1-3-22-5-7-24(8-6-23-4-2-21-1)9-10-25-11-13-26-15-17-28-19-20-29-18-16-27-14-12-25/h21-23H,1-20H2. The number of hydrogen-bond donors (Lipinski definition) is 3. The molecule has 0 aromatic rings. The van der Waals surface area contributed by atoms with Crippen LogP contribution in [-0.4, -0.2) is 141 Å². The minimum absolute atomic E-state index is 0.617. The Labute approximate surface area is 176 Å². The normalized spacial score (nSPS) is 25.2. The zero-order valence-electron chi connectivity index (χ0n) is 18.2. The molecule has 0 unspecified atom stereocenters. The van der Waals surface area contributed by atoms with Crippen LogP contribution >= 0.6 is 0 Å². The molecule has 0 bridgehead atoms. The fraction of sp³-hybridized carbons (Fsp3) is 1.00. The highest BCUT2D eigenvalue weighted by Crippen LogP contribution is 1.95. The molecule has 0 aromatic heterocycles. The summed E-state index contributed by atoms with van der Waals surface area (Å²) >= 11 is 0. The molecule has 0 aromatic carbocycles. The summed E-state index contributed by atoms with van der Waals surface area (Å²) in [6.07, 6.45) is 0. The lowest BCUT2D eigenvalue weighted by Gasteiger charge is -2.28. The van der Waals surface area contributed by atoms with E-state index in [0.717, 1.165) is 91.8 Å². The summed E-state index contributed by atoms with van der Waals surface area (Å²) < 4.78 is 22.5. The minimum atomic E-state index is 0.617. The van der Waals surface area contributed by atoms with Gasteiger partial charge in [0.25, 0.3) is 0 Å². The molecule has 2 aliphatic heterocycles. The van der Waals surface area contributed by atoms with Crippen LogP contribution in [0.3, 0.4) is 0 Å². The van der Waals surface area contributed by atoms with Crippen LogP contribution in [0.4, 0.5) is 0 Å². The first-order valence-electron chi connectivity index (χ1n) is 11.3. The van der Waals surface area contributed by atoms with Gasteiger partial charge >= 0.3 is 0 Å². The summed E-state index contributed by atoms with van der Waals surface area (Å²) in [7, 11) is 0. The van der Waals surface area contributed by atoms with Crippen molar-refractivity contribution in [3.63, 3.8) is 0 Å². The molecule has 0 saturated carbocycles. The predicted octanol–water partition coefficient (Wildman–Crippen LogP) is -1.55. The van der Waals surface area contributed by atoms with Gasteiger partial charge in [-0.15, -0.1) is 0 Å². The number of rotatable bonds is 3. The van der Waals surface area contributed by atoms with Crippen LogP contribution in [0.1, 0.15) is 0 Å². The lowest BCUT2D eigenvalue weighted by molar-refractivity contribution is 0.00206. The Morgan fingerprint density at radius 1 is 0.414 bits per heavy atom. The molecule has 2 aliphatic rings. The van der Waals surface area contributed by atoms with E-state index in [-0.39, 0.29) is 0 Å². The maximum Gasteiger partial charge on any atom is 0.0701 e. The van der Waals surface area contributed by atoms with Crippen LogP contribution in [0.25, 0.3) is 0 Å². The van der Waals surface area contributed by atoms with Gasteiger partial charge in [-0.1, -0.05) is 0 Å². The van der Waals surface area contributed by atoms with E-state index in [1.54, 1.807) is 0 Å². The molecular formula is C20H43N5O4. The molecule has 0 amide bonds. The van der Waals surface area contributed by atoms with E-state index in [1.165, 1.54) is 0 Å². The third-order valence-electron chi connectivity index (χ3n) is 5.12. The van der Waals surface area contributed by atoms with Gasteiger partial charge in [0.15, 0.2) is 0 Å². The highest BCUT2D eigenvalue weighted by atomic mass is 16.6. The van der Waals surface area contributed by atoms with E-state index in [4.69, 9.17) is 18.9 Å². The van der Waals surface area contributed by atoms with E-state index in [0.29, 0.717) is 39.6 Å². The third kappa shape index (κ3) is 14.3. The summed E-state index contributed by atoms with van der Waals surface area (Å²) in [5, 5.41) is 10.5. The van der Waals surface area contributed by atoms with Gasteiger partial charge in [-0.05, 0) is 0 Å². The highest BCUT2D eigenvalue weighted by molar-refractivity contribution is 4.68. The SMILES string of the molecule is C1CNCCN(CCN2CCOCCOCCOCCOCC2)CCNCCN1. The summed E-state index contributed by atoms with van der Waals surface area (Å²) in [6.45, 7) is 17.5. The van der Waals surface area contributed by atoms with Gasteiger partial charge in [0, 0.05) is 78.5 Å². The van der Waals surface area contributed by atoms with E-state index in [9.17, 15) is 0 Å². The molecule has 2 fully saturated rings. The molecule has 9 heteroatoms. The molecule has 2 heterocycles. The maximum absolute atomic E-state index is 5.74. The second-order valence-corrected chi connectivity index (χ2v) is 7.38. The zero-order valence-corrected chi connectivity index (χ0v) is 18.2. The van der Waals surface area contributed by atoms with Gasteiger partial charge in [0.05, 0.1) is 52.9 Å². The van der Waals surface area contributed by atoms with Crippen molar-refractivity contribution in [1.29, 1.82) is 0 Å². The van der Waals surface area contributed by atoms with Gasteiger partial charge in [-0.25, -0.2) is 0 Å². The highest BCUT2D eigenvalue weighted by Gasteiger charge is 2.10. The molecule has 9 nitrogen and oxygen atoms in total. The smallest absolute Gasteiger partial charge is 0.0701 e. The topological polar surface area (TPSA) is 79.5 Å². The molecule has 0 atom stereocenters. The molecule has 0 spiro atoms. The van der Waals surface area contributed by atoms with Crippen molar-refractivity contribution >= 4 is 0 Å². The number of nitrogens with zero attached hydrogens (tertiary/aromatic N) is 2. The summed E-state index contributed by atoms with van der Waals surface area (Å²) in [6, 6.07) is 0. The fourth-order valence-electron chi connectivity index (χ4n) is 3.31. The van der Waals surface area contributed by atoms with E-state index < -0.39 is 0 Å². The van der Waals surface area contributed by atoms with Crippen molar-refractivity contribution in [3.05, 3.63) is 0 Å². The van der Waals surface area contributed by atoms with Crippen molar-refractivity contribution in [2.24, 2.45) is 0 Å². The van der Waals surface area contributed by atoms with Crippen LogP contribution < -0.4 is 16.0 Å². The summed E-state index contributed by atoms with van der Waals surface area (Å²) in [5.74, 6) is 0. The average molecular weight is 418 g/mol. The van der Waals surface area contributed by atoms with Crippen molar-refractivity contribution in [2.75, 3.05) is 131 Å². The van der Waals surface area contributed by atoms with E-state index >= 15 is 0 Å². The first-order chi connectivity index (χ1) is 14.4. The second kappa shape index (κ2) is 18.4. The van der Waals surface area contributed by atoms with Gasteiger partial charge in [-0.2, -0.15) is 0 Å². The Kier molecular flexibility index (Phi) is 15.8. The summed E-state index contributed by atoms with van der Waals surface area (Å²) in [5.41, 5.74) is 0. The van der Waals surface area contributed by atoms with Crippen molar-refractivity contribution < 1.29 is 18.9 Å². The van der Waals surface area contributed by atoms with Crippen LogP contribution in [0.5, 0.6) is 0 Å². The van der Waals surface area contributed by atoms with Crippen molar-refractivity contribution in [3.8, 4) is 0 Å². The molecule has 0 radical (unpaired) electrons. The van der Waals surface area contributed by atoms with Crippen LogP contribution in [0.15, 0.2) is 0 Å². The molecule has 29 heavy (non-hydrogen) atoms. The van der Waals surface area contributed by atoms with Crippen LogP contribution in [-0.2, 0) is 18.9 Å². The average Bonchev–Trinajstić information content (AvgIpc) is 2.73.